The Balaban J connectivity index is 2.09. The summed E-state index contributed by atoms with van der Waals surface area (Å²) >= 11 is 17.9. The first kappa shape index (κ1) is 14.2. The molecule has 1 aromatic heterocycles. The number of azo groups is 1. The summed E-state index contributed by atoms with van der Waals surface area (Å²) in [5.74, 6) is -0.0887. The lowest BCUT2D eigenvalue weighted by Crippen LogP contribution is -1.70. The first-order valence-electron chi connectivity index (χ1n) is 5.92. The van der Waals surface area contributed by atoms with Crippen molar-refractivity contribution in [1.82, 2.24) is 4.98 Å². The van der Waals surface area contributed by atoms with Crippen LogP contribution >= 0.6 is 34.8 Å². The van der Waals surface area contributed by atoms with Crippen molar-refractivity contribution < 1.29 is 5.11 Å². The number of rotatable bonds is 2. The number of nitrogens with zero attached hydrogens (tertiary/aromatic N) is 2. The summed E-state index contributed by atoms with van der Waals surface area (Å²) in [4.78, 5) is 2.80. The molecule has 0 spiro atoms. The molecule has 0 bridgehead atoms. The van der Waals surface area contributed by atoms with E-state index in [2.05, 4.69) is 15.2 Å². The zero-order valence-corrected chi connectivity index (χ0v) is 12.7. The molecule has 0 saturated carbocycles. The summed E-state index contributed by atoms with van der Waals surface area (Å²) < 4.78 is 0. The van der Waals surface area contributed by atoms with E-state index in [1.807, 2.05) is 0 Å². The molecule has 0 amide bonds. The van der Waals surface area contributed by atoms with Crippen LogP contribution in [0.3, 0.4) is 0 Å². The Labute approximate surface area is 135 Å². The van der Waals surface area contributed by atoms with E-state index in [0.29, 0.717) is 37.3 Å². The number of benzene rings is 2. The molecule has 7 heteroatoms. The number of halogens is 3. The zero-order valence-electron chi connectivity index (χ0n) is 10.4. The number of nitrogens with one attached hydrogen (secondary N) is 1. The summed E-state index contributed by atoms with van der Waals surface area (Å²) in [6.45, 7) is 0. The molecule has 3 aromatic rings. The Morgan fingerprint density at radius 3 is 2.62 bits per heavy atom. The van der Waals surface area contributed by atoms with Gasteiger partial charge >= 0.3 is 0 Å². The highest BCUT2D eigenvalue weighted by molar-refractivity contribution is 6.43. The maximum Gasteiger partial charge on any atom is 0.218 e. The van der Waals surface area contributed by atoms with Gasteiger partial charge in [0.2, 0.25) is 5.88 Å². The highest BCUT2D eigenvalue weighted by Crippen LogP contribution is 2.39. The molecule has 106 valence electrons. The monoisotopic (exact) mass is 339 g/mol. The third-order valence-electron chi connectivity index (χ3n) is 2.90. The highest BCUT2D eigenvalue weighted by atomic mass is 35.5. The van der Waals surface area contributed by atoms with E-state index in [0.717, 1.165) is 0 Å². The van der Waals surface area contributed by atoms with Gasteiger partial charge in [0.15, 0.2) is 5.69 Å². The Morgan fingerprint density at radius 2 is 1.81 bits per heavy atom. The van der Waals surface area contributed by atoms with Crippen molar-refractivity contribution in [2.45, 2.75) is 0 Å². The largest absolute Gasteiger partial charge is 0.493 e. The van der Waals surface area contributed by atoms with Crippen LogP contribution in [0.2, 0.25) is 15.1 Å². The van der Waals surface area contributed by atoms with Gasteiger partial charge in [-0.3, -0.25) is 0 Å². The van der Waals surface area contributed by atoms with Gasteiger partial charge in [-0.05, 0) is 30.3 Å². The molecule has 0 aliphatic rings. The number of aromatic amines is 1. The van der Waals surface area contributed by atoms with Gasteiger partial charge in [-0.1, -0.05) is 40.9 Å². The van der Waals surface area contributed by atoms with Crippen LogP contribution in [0.25, 0.3) is 10.9 Å². The average Bonchev–Trinajstić information content (AvgIpc) is 2.76. The molecule has 2 aromatic carbocycles. The quantitative estimate of drug-likeness (QED) is 0.532. The lowest BCUT2D eigenvalue weighted by molar-refractivity contribution is 0.459. The van der Waals surface area contributed by atoms with Crippen LogP contribution in [-0.2, 0) is 0 Å². The van der Waals surface area contributed by atoms with E-state index in [1.165, 1.54) is 0 Å². The molecule has 0 saturated heterocycles. The van der Waals surface area contributed by atoms with Crippen molar-refractivity contribution in [3.63, 3.8) is 0 Å². The fourth-order valence-electron chi connectivity index (χ4n) is 1.91. The lowest BCUT2D eigenvalue weighted by atomic mass is 10.2. The molecule has 1 heterocycles. The minimum atomic E-state index is -0.0887. The van der Waals surface area contributed by atoms with Gasteiger partial charge in [-0.2, -0.15) is 0 Å². The zero-order chi connectivity index (χ0) is 15.0. The molecule has 4 nitrogen and oxygen atoms in total. The van der Waals surface area contributed by atoms with E-state index in [9.17, 15) is 5.11 Å². The summed E-state index contributed by atoms with van der Waals surface area (Å²) in [7, 11) is 0. The number of aromatic nitrogens is 1. The SMILES string of the molecule is Oc1[nH]c2ccc(Cl)cc2c1N=Nc1cccc(Cl)c1Cl. The first-order chi connectivity index (χ1) is 10.1. The van der Waals surface area contributed by atoms with Crippen LogP contribution in [0.15, 0.2) is 46.6 Å². The Kier molecular flexibility index (Phi) is 3.76. The normalized spacial score (nSPS) is 11.6. The minimum absolute atomic E-state index is 0.0887. The number of H-pyrrole nitrogens is 1. The molecular formula is C14H8Cl3N3O. The van der Waals surface area contributed by atoms with Crippen LogP contribution in [0.1, 0.15) is 0 Å². The fourth-order valence-corrected chi connectivity index (χ4v) is 2.42. The van der Waals surface area contributed by atoms with Crippen molar-refractivity contribution in [3.05, 3.63) is 51.5 Å². The first-order valence-corrected chi connectivity index (χ1v) is 7.05. The number of hydrogen-bond acceptors (Lipinski definition) is 3. The molecule has 0 atom stereocenters. The Bertz CT molecular complexity index is 858. The Hall–Kier alpha value is -1.75. The van der Waals surface area contributed by atoms with Crippen LogP contribution < -0.4 is 0 Å². The summed E-state index contributed by atoms with van der Waals surface area (Å²) in [6.07, 6.45) is 0. The molecular weight excluding hydrogens is 333 g/mol. The van der Waals surface area contributed by atoms with Crippen molar-refractivity contribution in [2.75, 3.05) is 0 Å². The van der Waals surface area contributed by atoms with Crippen LogP contribution in [-0.4, -0.2) is 10.1 Å². The van der Waals surface area contributed by atoms with Crippen LogP contribution in [0.5, 0.6) is 5.88 Å². The molecule has 0 radical (unpaired) electrons. The summed E-state index contributed by atoms with van der Waals surface area (Å²) in [5, 5.41) is 19.9. The van der Waals surface area contributed by atoms with E-state index < -0.39 is 0 Å². The second-order valence-electron chi connectivity index (χ2n) is 4.29. The molecule has 21 heavy (non-hydrogen) atoms. The third-order valence-corrected chi connectivity index (χ3v) is 3.95. The molecule has 0 aliphatic carbocycles. The maximum atomic E-state index is 9.92. The van der Waals surface area contributed by atoms with Gasteiger partial charge < -0.3 is 10.1 Å². The van der Waals surface area contributed by atoms with Gasteiger partial charge in [0.1, 0.15) is 5.69 Å². The predicted octanol–water partition coefficient (Wildman–Crippen LogP) is 6.25. The second-order valence-corrected chi connectivity index (χ2v) is 5.51. The van der Waals surface area contributed by atoms with Crippen molar-refractivity contribution >= 4 is 57.1 Å². The standard InChI is InChI=1S/C14H8Cl3N3O/c15-7-4-5-10-8(6-7)13(14(21)18-10)20-19-11-3-1-2-9(16)12(11)17/h1-6,18,21H. The minimum Gasteiger partial charge on any atom is -0.493 e. The smallest absolute Gasteiger partial charge is 0.218 e. The highest BCUT2D eigenvalue weighted by Gasteiger charge is 2.11. The van der Waals surface area contributed by atoms with E-state index in [4.69, 9.17) is 34.8 Å². The maximum absolute atomic E-state index is 9.92. The summed E-state index contributed by atoms with van der Waals surface area (Å²) in [5.41, 5.74) is 1.42. The van der Waals surface area contributed by atoms with Crippen LogP contribution in [0.4, 0.5) is 11.4 Å². The van der Waals surface area contributed by atoms with Crippen molar-refractivity contribution in [2.24, 2.45) is 10.2 Å². The average molecular weight is 341 g/mol. The number of aromatic hydroxyl groups is 1. The molecule has 3 rings (SSSR count). The van der Waals surface area contributed by atoms with E-state index >= 15 is 0 Å². The van der Waals surface area contributed by atoms with Crippen molar-refractivity contribution in [1.29, 1.82) is 0 Å². The van der Waals surface area contributed by atoms with Gasteiger partial charge in [0.25, 0.3) is 0 Å². The van der Waals surface area contributed by atoms with Crippen LogP contribution in [0, 0.1) is 0 Å². The van der Waals surface area contributed by atoms with Gasteiger partial charge in [-0.25, -0.2) is 0 Å². The van der Waals surface area contributed by atoms with E-state index in [1.54, 1.807) is 36.4 Å². The van der Waals surface area contributed by atoms with Gasteiger partial charge in [0, 0.05) is 10.4 Å². The molecule has 2 N–H and O–H groups in total. The molecule has 0 unspecified atom stereocenters. The second kappa shape index (κ2) is 5.56. The Morgan fingerprint density at radius 1 is 1.00 bits per heavy atom. The molecule has 0 aliphatic heterocycles. The number of fused-ring (bicyclic) bond motifs is 1. The lowest BCUT2D eigenvalue weighted by Gasteiger charge is -1.98. The van der Waals surface area contributed by atoms with Gasteiger partial charge in [-0.15, -0.1) is 10.2 Å². The number of hydrogen-bond donors (Lipinski definition) is 2. The fraction of sp³-hybridized carbons (Fsp3) is 0. The summed E-state index contributed by atoms with van der Waals surface area (Å²) in [6, 6.07) is 10.2. The van der Waals surface area contributed by atoms with E-state index in [-0.39, 0.29) is 5.88 Å². The molecule has 0 fully saturated rings. The van der Waals surface area contributed by atoms with Gasteiger partial charge in [0.05, 0.1) is 15.6 Å². The topological polar surface area (TPSA) is 60.7 Å². The predicted molar refractivity (Wildman–Crippen MR) is 85.6 cm³/mol. The van der Waals surface area contributed by atoms with Crippen molar-refractivity contribution in [3.8, 4) is 5.88 Å². The third kappa shape index (κ3) is 2.70.